The van der Waals surface area contributed by atoms with E-state index in [0.717, 1.165) is 4.90 Å². The van der Waals surface area contributed by atoms with Gasteiger partial charge in [-0.25, -0.2) is 4.79 Å². The molecule has 1 saturated heterocycles. The largest absolute Gasteiger partial charge is 0.495 e. The molecule has 1 fully saturated rings. The summed E-state index contributed by atoms with van der Waals surface area (Å²) in [6.45, 7) is 1.16. The fourth-order valence-corrected chi connectivity index (χ4v) is 3.85. The average Bonchev–Trinajstić information content (AvgIpc) is 2.86. The molecule has 2 aromatic rings. The number of amides is 4. The Balaban J connectivity index is 1.79. The lowest BCUT2D eigenvalue weighted by Crippen LogP contribution is -2.42. The maximum Gasteiger partial charge on any atom is 0.325 e. The Bertz CT molecular complexity index is 968. The summed E-state index contributed by atoms with van der Waals surface area (Å²) in [5.41, 5.74) is -0.320. The normalized spacial score (nSPS) is 18.8. The predicted octanol–water partition coefficient (Wildman–Crippen LogP) is 3.52. The minimum Gasteiger partial charge on any atom is -0.495 e. The minimum absolute atomic E-state index is 0.348. The molecule has 1 atom stereocenters. The second-order valence-electron chi connectivity index (χ2n) is 6.32. The van der Waals surface area contributed by atoms with Crippen LogP contribution in [0.5, 0.6) is 5.75 Å². The van der Waals surface area contributed by atoms with Crippen molar-refractivity contribution in [3.8, 4) is 5.75 Å². The number of hydrogen-bond acceptors (Lipinski definition) is 4. The highest BCUT2D eigenvalue weighted by Gasteiger charge is 2.50. The van der Waals surface area contributed by atoms with Crippen LogP contribution >= 0.6 is 27.5 Å². The van der Waals surface area contributed by atoms with Crippen LogP contribution in [0.2, 0.25) is 5.02 Å². The highest BCUT2D eigenvalue weighted by Crippen LogP contribution is 2.33. The Kier molecular flexibility index (Phi) is 5.62. The number of benzene rings is 2. The number of imide groups is 1. The summed E-state index contributed by atoms with van der Waals surface area (Å²) in [5, 5.41) is 5.70. The van der Waals surface area contributed by atoms with Crippen LogP contribution < -0.4 is 15.4 Å². The number of hydrogen-bond donors (Lipinski definition) is 2. The third kappa shape index (κ3) is 3.70. The lowest BCUT2D eigenvalue weighted by molar-refractivity contribution is -0.133. The van der Waals surface area contributed by atoms with E-state index >= 15 is 0 Å². The monoisotopic (exact) mass is 465 g/mol. The molecule has 0 spiro atoms. The molecule has 3 rings (SSSR count). The van der Waals surface area contributed by atoms with E-state index in [4.69, 9.17) is 16.3 Å². The molecule has 2 N–H and O–H groups in total. The van der Waals surface area contributed by atoms with Gasteiger partial charge in [0, 0.05) is 15.1 Å². The Morgan fingerprint density at radius 2 is 2.00 bits per heavy atom. The van der Waals surface area contributed by atoms with Gasteiger partial charge in [0.1, 0.15) is 17.8 Å². The SMILES string of the molecule is COc1ccc(Cl)cc1NC(=O)CN1C(=O)N[C@@](C)(c2ccccc2Br)C1=O. The van der Waals surface area contributed by atoms with Crippen molar-refractivity contribution in [3.05, 3.63) is 57.5 Å². The van der Waals surface area contributed by atoms with Crippen LogP contribution in [0.3, 0.4) is 0 Å². The molecule has 0 aromatic heterocycles. The molecule has 7 nitrogen and oxygen atoms in total. The summed E-state index contributed by atoms with van der Waals surface area (Å²) in [6, 6.07) is 11.2. The Morgan fingerprint density at radius 1 is 1.29 bits per heavy atom. The van der Waals surface area contributed by atoms with Crippen molar-refractivity contribution in [1.29, 1.82) is 0 Å². The van der Waals surface area contributed by atoms with Crippen molar-refractivity contribution in [1.82, 2.24) is 10.2 Å². The molecule has 0 bridgehead atoms. The van der Waals surface area contributed by atoms with Gasteiger partial charge < -0.3 is 15.4 Å². The summed E-state index contributed by atoms with van der Waals surface area (Å²) >= 11 is 9.35. The zero-order chi connectivity index (χ0) is 20.5. The number of nitrogens with zero attached hydrogens (tertiary/aromatic N) is 1. The first-order valence-electron chi connectivity index (χ1n) is 8.29. The summed E-state index contributed by atoms with van der Waals surface area (Å²) in [4.78, 5) is 38.7. The van der Waals surface area contributed by atoms with Crippen molar-refractivity contribution in [2.45, 2.75) is 12.5 Å². The number of methoxy groups -OCH3 is 1. The first-order valence-corrected chi connectivity index (χ1v) is 9.46. The summed E-state index contributed by atoms with van der Waals surface area (Å²) in [6.07, 6.45) is 0. The highest BCUT2D eigenvalue weighted by molar-refractivity contribution is 9.10. The molecule has 9 heteroatoms. The lowest BCUT2D eigenvalue weighted by atomic mass is 9.92. The molecule has 28 heavy (non-hydrogen) atoms. The van der Waals surface area contributed by atoms with E-state index < -0.39 is 29.9 Å². The molecular formula is C19H17BrClN3O4. The zero-order valence-corrected chi connectivity index (χ0v) is 17.4. The van der Waals surface area contributed by atoms with Crippen LogP contribution in [-0.2, 0) is 15.1 Å². The van der Waals surface area contributed by atoms with Gasteiger partial charge in [0.25, 0.3) is 5.91 Å². The van der Waals surface area contributed by atoms with E-state index in [-0.39, 0.29) is 0 Å². The van der Waals surface area contributed by atoms with E-state index in [9.17, 15) is 14.4 Å². The number of anilines is 1. The van der Waals surface area contributed by atoms with Gasteiger partial charge in [0.15, 0.2) is 0 Å². The number of carbonyl (C=O) groups excluding carboxylic acids is 3. The first-order chi connectivity index (χ1) is 13.3. The van der Waals surface area contributed by atoms with Crippen molar-refractivity contribution in [3.63, 3.8) is 0 Å². The summed E-state index contributed by atoms with van der Waals surface area (Å²) in [7, 11) is 1.46. The summed E-state index contributed by atoms with van der Waals surface area (Å²) in [5.74, 6) is -0.661. The van der Waals surface area contributed by atoms with E-state index in [1.54, 1.807) is 37.3 Å². The van der Waals surface area contributed by atoms with Crippen molar-refractivity contribution in [2.75, 3.05) is 19.0 Å². The smallest absolute Gasteiger partial charge is 0.325 e. The molecule has 1 aliphatic rings. The molecule has 2 aromatic carbocycles. The van der Waals surface area contributed by atoms with E-state index in [1.807, 2.05) is 6.07 Å². The quantitative estimate of drug-likeness (QED) is 0.660. The van der Waals surface area contributed by atoms with E-state index in [2.05, 4.69) is 26.6 Å². The molecule has 1 heterocycles. The van der Waals surface area contributed by atoms with Gasteiger partial charge in [0.2, 0.25) is 5.91 Å². The minimum atomic E-state index is -1.27. The maximum atomic E-state index is 13.0. The number of halogens is 2. The fourth-order valence-electron chi connectivity index (χ4n) is 3.00. The van der Waals surface area contributed by atoms with Gasteiger partial charge in [-0.3, -0.25) is 14.5 Å². The van der Waals surface area contributed by atoms with Crippen LogP contribution in [0.25, 0.3) is 0 Å². The number of carbonyl (C=O) groups is 3. The number of ether oxygens (including phenoxy) is 1. The van der Waals surface area contributed by atoms with Gasteiger partial charge >= 0.3 is 6.03 Å². The molecule has 0 saturated carbocycles. The molecule has 1 aliphatic heterocycles. The van der Waals surface area contributed by atoms with Gasteiger partial charge in [0.05, 0.1) is 12.8 Å². The van der Waals surface area contributed by atoms with Gasteiger partial charge in [-0.05, 0) is 31.2 Å². The van der Waals surface area contributed by atoms with Crippen LogP contribution in [0, 0.1) is 0 Å². The Labute approximate surface area is 175 Å². The fraction of sp³-hybridized carbons (Fsp3) is 0.211. The Morgan fingerprint density at radius 3 is 2.68 bits per heavy atom. The molecule has 0 radical (unpaired) electrons. The van der Waals surface area contributed by atoms with Gasteiger partial charge in [-0.1, -0.05) is 45.7 Å². The van der Waals surface area contributed by atoms with Crippen molar-refractivity contribution in [2.24, 2.45) is 0 Å². The van der Waals surface area contributed by atoms with Gasteiger partial charge in [-0.2, -0.15) is 0 Å². The molecule has 146 valence electrons. The molecule has 0 unspecified atom stereocenters. The van der Waals surface area contributed by atoms with Crippen LogP contribution in [0.15, 0.2) is 46.9 Å². The molecule has 4 amide bonds. The van der Waals surface area contributed by atoms with Crippen molar-refractivity contribution < 1.29 is 19.1 Å². The maximum absolute atomic E-state index is 13.0. The van der Waals surface area contributed by atoms with Crippen molar-refractivity contribution >= 4 is 51.1 Å². The van der Waals surface area contributed by atoms with E-state index in [0.29, 0.717) is 26.5 Å². The first kappa shape index (κ1) is 20.2. The molecule has 0 aliphatic carbocycles. The summed E-state index contributed by atoms with van der Waals surface area (Å²) < 4.78 is 5.86. The zero-order valence-electron chi connectivity index (χ0n) is 15.1. The molecular weight excluding hydrogens is 450 g/mol. The van der Waals surface area contributed by atoms with Crippen LogP contribution in [-0.4, -0.2) is 36.4 Å². The Hall–Kier alpha value is -2.58. The third-order valence-corrected chi connectivity index (χ3v) is 5.35. The second-order valence-corrected chi connectivity index (χ2v) is 7.61. The highest BCUT2D eigenvalue weighted by atomic mass is 79.9. The lowest BCUT2D eigenvalue weighted by Gasteiger charge is -2.23. The van der Waals surface area contributed by atoms with Gasteiger partial charge in [-0.15, -0.1) is 0 Å². The number of urea groups is 1. The third-order valence-electron chi connectivity index (χ3n) is 4.42. The second kappa shape index (κ2) is 7.81. The van der Waals surface area contributed by atoms with Crippen LogP contribution in [0.1, 0.15) is 12.5 Å². The number of nitrogens with one attached hydrogen (secondary N) is 2. The van der Waals surface area contributed by atoms with Crippen LogP contribution in [0.4, 0.5) is 10.5 Å². The average molecular weight is 467 g/mol. The number of rotatable bonds is 5. The standard InChI is InChI=1S/C19H17BrClN3O4/c1-19(12-5-3-4-6-13(12)20)17(26)24(18(27)23-19)10-16(25)22-14-9-11(21)7-8-15(14)28-2/h3-9H,10H2,1-2H3,(H,22,25)(H,23,27)/t19-/m0/s1. The topological polar surface area (TPSA) is 87.7 Å². The predicted molar refractivity (Wildman–Crippen MR) is 108 cm³/mol. The van der Waals surface area contributed by atoms with E-state index in [1.165, 1.54) is 13.2 Å².